The smallest absolute Gasteiger partial charge is 0.326 e. The molecule has 2 amide bonds. The molecule has 0 aromatic heterocycles. The van der Waals surface area contributed by atoms with Gasteiger partial charge in [0.1, 0.15) is 6.04 Å². The number of carbonyl (C=O) groups is 3. The summed E-state index contributed by atoms with van der Waals surface area (Å²) in [6, 6.07) is 15.2. The number of hydrogen-bond donors (Lipinski definition) is 3. The van der Waals surface area contributed by atoms with Crippen LogP contribution in [0.1, 0.15) is 27.9 Å². The molecule has 0 aliphatic rings. The Labute approximate surface area is 152 Å². The summed E-state index contributed by atoms with van der Waals surface area (Å²) in [7, 11) is 1.56. The van der Waals surface area contributed by atoms with Gasteiger partial charge in [0.2, 0.25) is 5.91 Å². The summed E-state index contributed by atoms with van der Waals surface area (Å²) in [5.74, 6) is -1.59. The van der Waals surface area contributed by atoms with E-state index in [0.717, 1.165) is 11.1 Å². The van der Waals surface area contributed by atoms with Crippen LogP contribution >= 0.6 is 0 Å². The normalized spacial score (nSPS) is 11.4. The van der Waals surface area contributed by atoms with Crippen molar-refractivity contribution in [1.29, 1.82) is 0 Å². The van der Waals surface area contributed by atoms with Crippen LogP contribution in [0.25, 0.3) is 0 Å². The van der Waals surface area contributed by atoms with Crippen molar-refractivity contribution in [3.05, 3.63) is 71.3 Å². The van der Waals surface area contributed by atoms with E-state index < -0.39 is 12.0 Å². The molecule has 6 nitrogen and oxygen atoms in total. The molecule has 0 bridgehead atoms. The van der Waals surface area contributed by atoms with Crippen molar-refractivity contribution in [1.82, 2.24) is 10.6 Å². The van der Waals surface area contributed by atoms with Gasteiger partial charge in [0.25, 0.3) is 5.91 Å². The van der Waals surface area contributed by atoms with E-state index in [-0.39, 0.29) is 24.7 Å². The molecule has 1 atom stereocenters. The lowest BCUT2D eigenvalue weighted by Gasteiger charge is -2.14. The van der Waals surface area contributed by atoms with Crippen LogP contribution in [0.5, 0.6) is 0 Å². The summed E-state index contributed by atoms with van der Waals surface area (Å²) in [6.07, 6.45) is 0.804. The summed E-state index contributed by atoms with van der Waals surface area (Å²) in [5.41, 5.74) is 2.22. The predicted molar refractivity (Wildman–Crippen MR) is 97.9 cm³/mol. The summed E-state index contributed by atoms with van der Waals surface area (Å²) in [6.45, 7) is 0. The van der Waals surface area contributed by atoms with E-state index in [2.05, 4.69) is 10.6 Å². The average Bonchev–Trinajstić information content (AvgIpc) is 2.66. The maximum absolute atomic E-state index is 12.1. The molecule has 6 heteroatoms. The van der Waals surface area contributed by atoms with Crippen LogP contribution in [-0.4, -0.2) is 36.0 Å². The Morgan fingerprint density at radius 1 is 1.00 bits per heavy atom. The van der Waals surface area contributed by atoms with Gasteiger partial charge in [-0.05, 0) is 29.7 Å². The van der Waals surface area contributed by atoms with Gasteiger partial charge in [0, 0.05) is 25.5 Å². The first kappa shape index (κ1) is 19.2. The Bertz CT molecular complexity index is 774. The molecule has 2 aromatic rings. The van der Waals surface area contributed by atoms with Crippen molar-refractivity contribution in [3.63, 3.8) is 0 Å². The number of carboxylic acids is 1. The quantitative estimate of drug-likeness (QED) is 0.673. The van der Waals surface area contributed by atoms with E-state index in [1.165, 1.54) is 0 Å². The molecular formula is C20H22N2O4. The maximum Gasteiger partial charge on any atom is 0.326 e. The van der Waals surface area contributed by atoms with Gasteiger partial charge < -0.3 is 15.7 Å². The molecule has 0 aliphatic heterocycles. The number of benzene rings is 2. The SMILES string of the molecule is CNC(=O)c1cccc(CCC(=O)N[C@@H](Cc2ccccc2)C(=O)O)c1. The molecule has 0 aliphatic carbocycles. The highest BCUT2D eigenvalue weighted by Crippen LogP contribution is 2.09. The molecule has 2 aromatic carbocycles. The van der Waals surface area contributed by atoms with E-state index >= 15 is 0 Å². The molecule has 0 heterocycles. The standard InChI is InChI=1S/C20H22N2O4/c1-21-19(24)16-9-5-8-15(12-16)10-11-18(23)22-17(20(25)26)13-14-6-3-2-4-7-14/h2-9,12,17H,10-11,13H2,1H3,(H,21,24)(H,22,23)(H,25,26)/t17-/m0/s1. The van der Waals surface area contributed by atoms with E-state index in [4.69, 9.17) is 0 Å². The second-order valence-electron chi connectivity index (χ2n) is 5.93. The minimum atomic E-state index is -1.07. The summed E-state index contributed by atoms with van der Waals surface area (Å²) in [5, 5.41) is 14.5. The Morgan fingerprint density at radius 3 is 2.35 bits per heavy atom. The van der Waals surface area contributed by atoms with Crippen LogP contribution in [0.4, 0.5) is 0 Å². The van der Waals surface area contributed by atoms with E-state index in [1.54, 1.807) is 25.2 Å². The van der Waals surface area contributed by atoms with Crippen molar-refractivity contribution >= 4 is 17.8 Å². The highest BCUT2D eigenvalue weighted by Gasteiger charge is 2.20. The third kappa shape index (κ3) is 5.73. The number of hydrogen-bond acceptors (Lipinski definition) is 3. The van der Waals surface area contributed by atoms with Crippen LogP contribution in [0.3, 0.4) is 0 Å². The Morgan fingerprint density at radius 2 is 1.69 bits per heavy atom. The fourth-order valence-electron chi connectivity index (χ4n) is 2.59. The zero-order valence-electron chi connectivity index (χ0n) is 14.6. The molecule has 0 spiro atoms. The molecule has 136 valence electrons. The van der Waals surface area contributed by atoms with Crippen molar-refractivity contribution in [2.24, 2.45) is 0 Å². The van der Waals surface area contributed by atoms with Gasteiger partial charge in [-0.1, -0.05) is 42.5 Å². The average molecular weight is 354 g/mol. The van der Waals surface area contributed by atoms with Gasteiger partial charge in [0.05, 0.1) is 0 Å². The zero-order chi connectivity index (χ0) is 18.9. The van der Waals surface area contributed by atoms with Crippen LogP contribution in [0.2, 0.25) is 0 Å². The number of nitrogens with one attached hydrogen (secondary N) is 2. The van der Waals surface area contributed by atoms with Crippen LogP contribution in [0.15, 0.2) is 54.6 Å². The van der Waals surface area contributed by atoms with Gasteiger partial charge in [-0.3, -0.25) is 9.59 Å². The molecular weight excluding hydrogens is 332 g/mol. The van der Waals surface area contributed by atoms with Crippen LogP contribution in [0, 0.1) is 0 Å². The van der Waals surface area contributed by atoms with Gasteiger partial charge in [-0.2, -0.15) is 0 Å². The summed E-state index contributed by atoms with van der Waals surface area (Å²) < 4.78 is 0. The van der Waals surface area contributed by atoms with Gasteiger partial charge in [-0.25, -0.2) is 4.79 Å². The third-order valence-electron chi connectivity index (χ3n) is 3.97. The molecule has 26 heavy (non-hydrogen) atoms. The van der Waals surface area contributed by atoms with E-state index in [0.29, 0.717) is 12.0 Å². The van der Waals surface area contributed by atoms with Crippen molar-refractivity contribution in [2.75, 3.05) is 7.05 Å². The predicted octanol–water partition coefficient (Wildman–Crippen LogP) is 1.79. The molecule has 3 N–H and O–H groups in total. The van der Waals surface area contributed by atoms with Crippen molar-refractivity contribution < 1.29 is 19.5 Å². The number of amides is 2. The first-order valence-corrected chi connectivity index (χ1v) is 8.36. The third-order valence-corrected chi connectivity index (χ3v) is 3.97. The van der Waals surface area contributed by atoms with Crippen LogP contribution < -0.4 is 10.6 Å². The number of carboxylic acid groups (broad SMARTS) is 1. The summed E-state index contributed by atoms with van der Waals surface area (Å²) >= 11 is 0. The lowest BCUT2D eigenvalue weighted by Crippen LogP contribution is -2.42. The van der Waals surface area contributed by atoms with Gasteiger partial charge in [0.15, 0.2) is 0 Å². The van der Waals surface area contributed by atoms with Crippen LogP contribution in [-0.2, 0) is 22.4 Å². The Kier molecular flexibility index (Phi) is 6.91. The zero-order valence-corrected chi connectivity index (χ0v) is 14.6. The lowest BCUT2D eigenvalue weighted by atomic mass is 10.0. The van der Waals surface area contributed by atoms with E-state index in [1.807, 2.05) is 36.4 Å². The molecule has 0 unspecified atom stereocenters. The Hall–Kier alpha value is -3.15. The molecule has 0 saturated carbocycles. The van der Waals surface area contributed by atoms with Crippen molar-refractivity contribution in [3.8, 4) is 0 Å². The molecule has 2 rings (SSSR count). The first-order valence-electron chi connectivity index (χ1n) is 8.36. The number of aliphatic carboxylic acids is 1. The maximum atomic E-state index is 12.1. The second-order valence-corrected chi connectivity index (χ2v) is 5.93. The highest BCUT2D eigenvalue weighted by atomic mass is 16.4. The van der Waals surface area contributed by atoms with Gasteiger partial charge in [-0.15, -0.1) is 0 Å². The van der Waals surface area contributed by atoms with E-state index in [9.17, 15) is 19.5 Å². The number of carbonyl (C=O) groups excluding carboxylic acids is 2. The molecule has 0 radical (unpaired) electrons. The minimum absolute atomic E-state index is 0.149. The van der Waals surface area contributed by atoms with Gasteiger partial charge >= 0.3 is 5.97 Å². The number of aryl methyl sites for hydroxylation is 1. The fourth-order valence-corrected chi connectivity index (χ4v) is 2.59. The first-order chi connectivity index (χ1) is 12.5. The molecule has 0 fully saturated rings. The Balaban J connectivity index is 1.92. The summed E-state index contributed by atoms with van der Waals surface area (Å²) in [4.78, 5) is 35.2. The number of rotatable bonds is 8. The second kappa shape index (κ2) is 9.36. The van der Waals surface area contributed by atoms with Crippen molar-refractivity contribution in [2.45, 2.75) is 25.3 Å². The topological polar surface area (TPSA) is 95.5 Å². The molecule has 0 saturated heterocycles. The highest BCUT2D eigenvalue weighted by molar-refractivity contribution is 5.94. The lowest BCUT2D eigenvalue weighted by molar-refractivity contribution is -0.141. The largest absolute Gasteiger partial charge is 0.480 e. The monoisotopic (exact) mass is 354 g/mol. The fraction of sp³-hybridized carbons (Fsp3) is 0.250. The minimum Gasteiger partial charge on any atom is -0.480 e.